The molecule has 0 aromatic rings. The maximum absolute atomic E-state index is 12.5. The molecule has 0 radical (unpaired) electrons. The molecule has 1 amide bonds. The van der Waals surface area contributed by atoms with E-state index in [4.69, 9.17) is 0 Å². The third-order valence-electron chi connectivity index (χ3n) is 5.47. The number of carbonyl (C=O) groups is 1. The van der Waals surface area contributed by atoms with E-state index < -0.39 is 0 Å². The summed E-state index contributed by atoms with van der Waals surface area (Å²) in [6, 6.07) is 0.0556. The van der Waals surface area contributed by atoms with Gasteiger partial charge in [-0.1, -0.05) is 20.3 Å². The number of nitrogens with one attached hydrogen (secondary N) is 1. The van der Waals surface area contributed by atoms with Crippen LogP contribution in [0.4, 0.5) is 0 Å². The molecule has 1 aliphatic heterocycles. The number of hydrogen-bond acceptors (Lipinski definition) is 2. The van der Waals surface area contributed by atoms with Gasteiger partial charge >= 0.3 is 0 Å². The highest BCUT2D eigenvalue weighted by Crippen LogP contribution is 2.61. The fraction of sp³-hybridized carbons (Fsp3) is 0.933. The van der Waals surface area contributed by atoms with E-state index in [0.717, 1.165) is 18.9 Å². The molecule has 1 saturated heterocycles. The lowest BCUT2D eigenvalue weighted by Gasteiger charge is -2.26. The number of nitrogens with zero attached hydrogens (tertiary/aromatic N) is 1. The molecule has 1 heterocycles. The number of hydrogen-bond donors (Lipinski definition) is 1. The van der Waals surface area contributed by atoms with Crippen LogP contribution in [-0.4, -0.2) is 29.6 Å². The van der Waals surface area contributed by atoms with E-state index in [9.17, 15) is 4.79 Å². The van der Waals surface area contributed by atoms with Crippen LogP contribution in [0.15, 0.2) is 0 Å². The average molecular weight is 250 g/mol. The Bertz CT molecular complexity index is 346. The zero-order valence-corrected chi connectivity index (χ0v) is 11.9. The van der Waals surface area contributed by atoms with Crippen LogP contribution in [0.2, 0.25) is 0 Å². The third kappa shape index (κ3) is 1.97. The summed E-state index contributed by atoms with van der Waals surface area (Å²) in [5.74, 6) is 1.73. The Morgan fingerprint density at radius 2 is 2.11 bits per heavy atom. The van der Waals surface area contributed by atoms with Gasteiger partial charge in [-0.2, -0.15) is 0 Å². The molecule has 0 bridgehead atoms. The van der Waals surface area contributed by atoms with Gasteiger partial charge in [0.2, 0.25) is 5.91 Å². The van der Waals surface area contributed by atoms with Gasteiger partial charge in [0.25, 0.3) is 0 Å². The van der Waals surface area contributed by atoms with Crippen LogP contribution >= 0.6 is 0 Å². The Kier molecular flexibility index (Phi) is 2.92. The van der Waals surface area contributed by atoms with Crippen LogP contribution < -0.4 is 5.32 Å². The molecule has 18 heavy (non-hydrogen) atoms. The van der Waals surface area contributed by atoms with Crippen molar-refractivity contribution in [3.63, 3.8) is 0 Å². The Morgan fingerprint density at radius 1 is 1.44 bits per heavy atom. The first kappa shape index (κ1) is 12.5. The number of carbonyl (C=O) groups excluding carboxylic acids is 1. The molecule has 102 valence electrons. The largest absolute Gasteiger partial charge is 0.326 e. The molecule has 3 unspecified atom stereocenters. The minimum atomic E-state index is 0.0556. The van der Waals surface area contributed by atoms with Crippen molar-refractivity contribution in [2.24, 2.45) is 17.3 Å². The van der Waals surface area contributed by atoms with Crippen LogP contribution in [0.5, 0.6) is 0 Å². The lowest BCUT2D eigenvalue weighted by molar-refractivity contribution is -0.131. The summed E-state index contributed by atoms with van der Waals surface area (Å²) in [6.07, 6.45) is 6.80. The predicted octanol–water partition coefficient (Wildman–Crippen LogP) is 2.37. The van der Waals surface area contributed by atoms with Crippen molar-refractivity contribution in [1.29, 1.82) is 0 Å². The number of rotatable bonds is 5. The fourth-order valence-corrected chi connectivity index (χ4v) is 3.54. The van der Waals surface area contributed by atoms with Crippen molar-refractivity contribution in [3.8, 4) is 0 Å². The summed E-state index contributed by atoms with van der Waals surface area (Å²) in [7, 11) is 0. The lowest BCUT2D eigenvalue weighted by atomic mass is 9.97. The highest BCUT2D eigenvalue weighted by Gasteiger charge is 2.56. The van der Waals surface area contributed by atoms with E-state index in [0.29, 0.717) is 17.2 Å². The van der Waals surface area contributed by atoms with Gasteiger partial charge in [0.15, 0.2) is 0 Å². The molecule has 3 heteroatoms. The second kappa shape index (κ2) is 4.22. The van der Waals surface area contributed by atoms with Crippen molar-refractivity contribution >= 4 is 5.91 Å². The van der Waals surface area contributed by atoms with Gasteiger partial charge in [-0.15, -0.1) is 0 Å². The van der Waals surface area contributed by atoms with Crippen LogP contribution in [0.3, 0.4) is 0 Å². The quantitative estimate of drug-likeness (QED) is 0.812. The summed E-state index contributed by atoms with van der Waals surface area (Å²) < 4.78 is 0. The predicted molar refractivity (Wildman–Crippen MR) is 71.9 cm³/mol. The topological polar surface area (TPSA) is 32.3 Å². The molecule has 2 aliphatic carbocycles. The first-order valence-electron chi connectivity index (χ1n) is 7.64. The molecule has 1 N–H and O–H groups in total. The first-order valence-corrected chi connectivity index (χ1v) is 7.64. The first-order chi connectivity index (χ1) is 8.57. The molecule has 0 aromatic carbocycles. The van der Waals surface area contributed by atoms with Crippen molar-refractivity contribution in [1.82, 2.24) is 10.2 Å². The molecular formula is C15H26N2O. The van der Waals surface area contributed by atoms with Crippen molar-refractivity contribution in [2.45, 2.75) is 65.1 Å². The Hall–Kier alpha value is -0.570. The van der Waals surface area contributed by atoms with Crippen LogP contribution in [0, 0.1) is 17.3 Å². The molecular weight excluding hydrogens is 224 g/mol. The second-order valence-electron chi connectivity index (χ2n) is 6.81. The van der Waals surface area contributed by atoms with Crippen LogP contribution in [0.1, 0.15) is 52.9 Å². The van der Waals surface area contributed by atoms with Gasteiger partial charge in [-0.05, 0) is 49.9 Å². The summed E-state index contributed by atoms with van der Waals surface area (Å²) >= 11 is 0. The molecule has 0 aromatic heterocycles. The Balaban J connectivity index is 1.67. The zero-order valence-electron chi connectivity index (χ0n) is 11.9. The zero-order chi connectivity index (χ0) is 12.9. The van der Waals surface area contributed by atoms with Crippen LogP contribution in [0.25, 0.3) is 0 Å². The van der Waals surface area contributed by atoms with Gasteiger partial charge in [0, 0.05) is 6.54 Å². The summed E-state index contributed by atoms with van der Waals surface area (Å²) in [5, 5.41) is 3.49. The molecule has 3 atom stereocenters. The lowest BCUT2D eigenvalue weighted by Crippen LogP contribution is -2.39. The standard InChI is InChI=1S/C15H26N2O/c1-4-10(2)13-14(18)17(11(3)16-13)9-15(7-8-15)12-5-6-12/h10-13,16H,4-9H2,1-3H3. The summed E-state index contributed by atoms with van der Waals surface area (Å²) in [6.45, 7) is 7.50. The second-order valence-corrected chi connectivity index (χ2v) is 6.81. The molecule has 2 saturated carbocycles. The minimum Gasteiger partial charge on any atom is -0.326 e. The Labute approximate surface area is 110 Å². The van der Waals surface area contributed by atoms with E-state index in [1.807, 2.05) is 0 Å². The van der Waals surface area contributed by atoms with E-state index in [1.54, 1.807) is 0 Å². The SMILES string of the molecule is CCC(C)C1NC(C)N(CC2(C3CC3)CC2)C1=O. The van der Waals surface area contributed by atoms with Crippen molar-refractivity contribution < 1.29 is 4.79 Å². The number of amides is 1. The highest BCUT2D eigenvalue weighted by atomic mass is 16.2. The normalized spacial score (nSPS) is 35.9. The van der Waals surface area contributed by atoms with Crippen molar-refractivity contribution in [3.05, 3.63) is 0 Å². The van der Waals surface area contributed by atoms with Gasteiger partial charge < -0.3 is 4.90 Å². The maximum atomic E-state index is 12.5. The molecule has 0 spiro atoms. The van der Waals surface area contributed by atoms with Crippen LogP contribution in [-0.2, 0) is 4.79 Å². The molecule has 3 nitrogen and oxygen atoms in total. The van der Waals surface area contributed by atoms with Gasteiger partial charge in [-0.25, -0.2) is 0 Å². The minimum absolute atomic E-state index is 0.0556. The fourth-order valence-electron chi connectivity index (χ4n) is 3.54. The van der Waals surface area contributed by atoms with E-state index in [2.05, 4.69) is 31.0 Å². The van der Waals surface area contributed by atoms with Gasteiger partial charge in [0.05, 0.1) is 12.2 Å². The molecule has 3 fully saturated rings. The molecule has 3 rings (SSSR count). The summed E-state index contributed by atoms with van der Waals surface area (Å²) in [4.78, 5) is 14.7. The van der Waals surface area contributed by atoms with Crippen molar-refractivity contribution in [2.75, 3.05) is 6.54 Å². The maximum Gasteiger partial charge on any atom is 0.241 e. The highest BCUT2D eigenvalue weighted by molar-refractivity contribution is 5.84. The third-order valence-corrected chi connectivity index (χ3v) is 5.47. The average Bonchev–Trinajstić information content (AvgIpc) is 3.23. The Morgan fingerprint density at radius 3 is 2.61 bits per heavy atom. The van der Waals surface area contributed by atoms with E-state index >= 15 is 0 Å². The van der Waals surface area contributed by atoms with Gasteiger partial charge in [0.1, 0.15) is 0 Å². The smallest absolute Gasteiger partial charge is 0.241 e. The molecule has 3 aliphatic rings. The van der Waals surface area contributed by atoms with Gasteiger partial charge in [-0.3, -0.25) is 10.1 Å². The van der Waals surface area contributed by atoms with E-state index in [-0.39, 0.29) is 12.2 Å². The van der Waals surface area contributed by atoms with E-state index in [1.165, 1.54) is 25.7 Å². The summed E-state index contributed by atoms with van der Waals surface area (Å²) in [5.41, 5.74) is 0.524. The monoisotopic (exact) mass is 250 g/mol.